The molecular formula is C22H22ClN7O2. The molecule has 1 unspecified atom stereocenters. The third-order valence-electron chi connectivity index (χ3n) is 5.67. The molecule has 0 aliphatic heterocycles. The van der Waals surface area contributed by atoms with Crippen LogP contribution in [0.2, 0.25) is 5.02 Å². The first-order valence-electron chi connectivity index (χ1n) is 10.2. The number of carboxylic acids is 1. The van der Waals surface area contributed by atoms with E-state index in [2.05, 4.69) is 26.5 Å². The Morgan fingerprint density at radius 2 is 2.16 bits per heavy atom. The SMILES string of the molecule is C[C@@H](CC1C[C@H]1n1cc(Nc2ncc(Cl)c(-c3ccc(C(=O)O)cc3)n2)cn1)[C@H](N)C#N. The second kappa shape index (κ2) is 8.94. The molecule has 1 aromatic carbocycles. The Morgan fingerprint density at radius 3 is 2.84 bits per heavy atom. The van der Waals surface area contributed by atoms with E-state index in [9.17, 15) is 4.79 Å². The monoisotopic (exact) mass is 451 g/mol. The van der Waals surface area contributed by atoms with Gasteiger partial charge in [0.1, 0.15) is 0 Å². The number of aromatic nitrogens is 4. The van der Waals surface area contributed by atoms with Crippen LogP contribution in [0.1, 0.15) is 36.2 Å². The van der Waals surface area contributed by atoms with Crippen LogP contribution in [0.15, 0.2) is 42.9 Å². The van der Waals surface area contributed by atoms with Crippen LogP contribution in [0.5, 0.6) is 0 Å². The zero-order valence-corrected chi connectivity index (χ0v) is 18.1. The Hall–Kier alpha value is -3.48. The van der Waals surface area contributed by atoms with Crippen LogP contribution in [-0.4, -0.2) is 36.9 Å². The van der Waals surface area contributed by atoms with Gasteiger partial charge >= 0.3 is 5.97 Å². The lowest BCUT2D eigenvalue weighted by Crippen LogP contribution is -2.26. The van der Waals surface area contributed by atoms with Crippen LogP contribution in [0.4, 0.5) is 11.6 Å². The summed E-state index contributed by atoms with van der Waals surface area (Å²) in [5.74, 6) is -0.0323. The topological polar surface area (TPSA) is 143 Å². The Balaban J connectivity index is 1.44. The fraction of sp³-hybridized carbons (Fsp3) is 0.318. The number of nitrogens with zero attached hydrogens (tertiary/aromatic N) is 5. The lowest BCUT2D eigenvalue weighted by molar-refractivity contribution is 0.0697. The summed E-state index contributed by atoms with van der Waals surface area (Å²) in [4.78, 5) is 19.8. The van der Waals surface area contributed by atoms with Crippen LogP contribution in [-0.2, 0) is 0 Å². The molecule has 0 saturated heterocycles. The first-order valence-corrected chi connectivity index (χ1v) is 10.6. The molecule has 0 radical (unpaired) electrons. The summed E-state index contributed by atoms with van der Waals surface area (Å²) in [6.07, 6.45) is 7.01. The molecule has 10 heteroatoms. The fourth-order valence-electron chi connectivity index (χ4n) is 3.67. The van der Waals surface area contributed by atoms with Crippen LogP contribution in [0.3, 0.4) is 0 Å². The van der Waals surface area contributed by atoms with Crippen molar-refractivity contribution in [1.82, 2.24) is 19.7 Å². The number of nitriles is 1. The molecule has 0 spiro atoms. The van der Waals surface area contributed by atoms with Crippen LogP contribution >= 0.6 is 11.6 Å². The summed E-state index contributed by atoms with van der Waals surface area (Å²) in [5.41, 5.74) is 7.92. The lowest BCUT2D eigenvalue weighted by atomic mass is 9.97. The molecule has 4 atom stereocenters. The fourth-order valence-corrected chi connectivity index (χ4v) is 3.87. The number of rotatable bonds is 8. The van der Waals surface area contributed by atoms with Gasteiger partial charge in [0.2, 0.25) is 5.95 Å². The van der Waals surface area contributed by atoms with Gasteiger partial charge in [-0.2, -0.15) is 10.4 Å². The van der Waals surface area contributed by atoms with Crippen molar-refractivity contribution in [2.45, 2.75) is 31.8 Å². The maximum atomic E-state index is 11.1. The summed E-state index contributed by atoms with van der Waals surface area (Å²) in [5, 5.41) is 26.0. The number of carboxylic acid groups (broad SMARTS) is 1. The summed E-state index contributed by atoms with van der Waals surface area (Å²) in [7, 11) is 0. The quantitative estimate of drug-likeness (QED) is 0.468. The van der Waals surface area contributed by atoms with E-state index >= 15 is 0 Å². The molecule has 1 aliphatic rings. The van der Waals surface area contributed by atoms with Crippen molar-refractivity contribution in [1.29, 1.82) is 5.26 Å². The van der Waals surface area contributed by atoms with Gasteiger partial charge in [0.05, 0.1) is 52.5 Å². The van der Waals surface area contributed by atoms with E-state index in [1.54, 1.807) is 18.3 Å². The number of nitrogens with one attached hydrogen (secondary N) is 1. The second-order valence-electron chi connectivity index (χ2n) is 8.04. The van der Waals surface area contributed by atoms with Crippen molar-refractivity contribution < 1.29 is 9.90 Å². The Bertz CT molecular complexity index is 1170. The van der Waals surface area contributed by atoms with Gasteiger partial charge in [-0.3, -0.25) is 4.68 Å². The molecule has 1 fully saturated rings. The first-order chi connectivity index (χ1) is 15.4. The number of hydrogen-bond acceptors (Lipinski definition) is 7. The summed E-state index contributed by atoms with van der Waals surface area (Å²) < 4.78 is 1.92. The second-order valence-corrected chi connectivity index (χ2v) is 8.44. The maximum Gasteiger partial charge on any atom is 0.335 e. The Morgan fingerprint density at radius 1 is 1.41 bits per heavy atom. The third kappa shape index (κ3) is 4.72. The van der Waals surface area contributed by atoms with Gasteiger partial charge < -0.3 is 16.2 Å². The molecule has 0 amide bonds. The first kappa shape index (κ1) is 21.7. The number of nitrogens with two attached hydrogens (primary N) is 1. The smallest absolute Gasteiger partial charge is 0.335 e. The summed E-state index contributed by atoms with van der Waals surface area (Å²) in [6.45, 7) is 2.00. The maximum absolute atomic E-state index is 11.1. The largest absolute Gasteiger partial charge is 0.478 e. The minimum Gasteiger partial charge on any atom is -0.478 e. The third-order valence-corrected chi connectivity index (χ3v) is 5.95. The number of benzene rings is 1. The van der Waals surface area contributed by atoms with Gasteiger partial charge in [-0.25, -0.2) is 14.8 Å². The molecule has 0 bridgehead atoms. The molecule has 32 heavy (non-hydrogen) atoms. The summed E-state index contributed by atoms with van der Waals surface area (Å²) >= 11 is 6.27. The highest BCUT2D eigenvalue weighted by Crippen LogP contribution is 2.47. The lowest BCUT2D eigenvalue weighted by Gasteiger charge is -2.12. The Labute approximate surface area is 189 Å². The van der Waals surface area contributed by atoms with Gasteiger partial charge in [0.15, 0.2) is 0 Å². The molecule has 1 aliphatic carbocycles. The van der Waals surface area contributed by atoms with Crippen molar-refractivity contribution in [2.75, 3.05) is 5.32 Å². The Kier molecular flexibility index (Phi) is 6.08. The van der Waals surface area contributed by atoms with Gasteiger partial charge in [0.25, 0.3) is 0 Å². The normalized spacial score (nSPS) is 19.1. The van der Waals surface area contributed by atoms with E-state index in [-0.39, 0.29) is 11.5 Å². The molecule has 4 N–H and O–H groups in total. The van der Waals surface area contributed by atoms with Crippen molar-refractivity contribution in [3.05, 3.63) is 53.4 Å². The number of aromatic carboxylic acids is 1. The average Bonchev–Trinajstić information content (AvgIpc) is 3.40. The highest BCUT2D eigenvalue weighted by molar-refractivity contribution is 6.32. The molecule has 1 saturated carbocycles. The summed E-state index contributed by atoms with van der Waals surface area (Å²) in [6, 6.07) is 8.29. The van der Waals surface area contributed by atoms with E-state index in [1.807, 2.05) is 17.8 Å². The predicted octanol–water partition coefficient (Wildman–Crippen LogP) is 3.87. The van der Waals surface area contributed by atoms with Crippen molar-refractivity contribution in [3.63, 3.8) is 0 Å². The number of halogens is 1. The molecule has 2 heterocycles. The van der Waals surface area contributed by atoms with Gasteiger partial charge in [0, 0.05) is 11.8 Å². The van der Waals surface area contributed by atoms with E-state index in [0.717, 1.165) is 18.5 Å². The predicted molar refractivity (Wildman–Crippen MR) is 119 cm³/mol. The van der Waals surface area contributed by atoms with Crippen molar-refractivity contribution in [2.24, 2.45) is 17.6 Å². The number of hydrogen-bond donors (Lipinski definition) is 3. The van der Waals surface area contributed by atoms with Gasteiger partial charge in [-0.15, -0.1) is 0 Å². The van der Waals surface area contributed by atoms with Crippen molar-refractivity contribution in [3.8, 4) is 17.3 Å². The molecule has 9 nitrogen and oxygen atoms in total. The van der Waals surface area contributed by atoms with Crippen LogP contribution in [0.25, 0.3) is 11.3 Å². The molecule has 2 aromatic heterocycles. The highest BCUT2D eigenvalue weighted by Gasteiger charge is 2.40. The minimum atomic E-state index is -0.995. The van der Waals surface area contributed by atoms with Crippen molar-refractivity contribution >= 4 is 29.2 Å². The van der Waals surface area contributed by atoms with Crippen LogP contribution in [0, 0.1) is 23.2 Å². The number of anilines is 2. The molecular weight excluding hydrogens is 430 g/mol. The molecule has 4 rings (SSSR count). The van der Waals surface area contributed by atoms with Gasteiger partial charge in [-0.05, 0) is 36.8 Å². The van der Waals surface area contributed by atoms with E-state index in [4.69, 9.17) is 27.7 Å². The zero-order chi connectivity index (χ0) is 22.8. The van der Waals surface area contributed by atoms with Gasteiger partial charge in [-0.1, -0.05) is 30.7 Å². The zero-order valence-electron chi connectivity index (χ0n) is 17.3. The average molecular weight is 452 g/mol. The molecule has 3 aromatic rings. The standard InChI is InChI=1S/C22H22ClN7O2/c1-12(18(25)8-24)6-15-7-19(15)30-11-16(9-27-30)28-22-26-10-17(23)20(29-22)13-2-4-14(5-3-13)21(31)32/h2-5,9-12,15,18-19H,6-7,25H2,1H3,(H,31,32)(H,26,28,29)/t12-,15?,18+,19+/m0/s1. The minimum absolute atomic E-state index is 0.147. The van der Waals surface area contributed by atoms with E-state index < -0.39 is 12.0 Å². The van der Waals surface area contributed by atoms with Crippen LogP contribution < -0.4 is 11.1 Å². The van der Waals surface area contributed by atoms with E-state index in [0.29, 0.717) is 34.2 Å². The number of carbonyl (C=O) groups is 1. The molecule has 164 valence electrons. The highest BCUT2D eigenvalue weighted by atomic mass is 35.5. The van der Waals surface area contributed by atoms with E-state index in [1.165, 1.54) is 18.3 Å².